The van der Waals surface area contributed by atoms with Gasteiger partial charge < -0.3 is 19.5 Å². The molecule has 1 aliphatic heterocycles. The second kappa shape index (κ2) is 7.88. The van der Waals surface area contributed by atoms with Crippen molar-refractivity contribution < 1.29 is 9.53 Å². The van der Waals surface area contributed by atoms with Gasteiger partial charge in [0.05, 0.1) is 7.11 Å². The molecule has 3 aromatic rings. The van der Waals surface area contributed by atoms with Crippen LogP contribution in [-0.2, 0) is 20.0 Å². The molecule has 0 bridgehead atoms. The fraction of sp³-hybridized carbons (Fsp3) is 0.381. The van der Waals surface area contributed by atoms with Crippen LogP contribution in [-0.4, -0.2) is 45.7 Å². The Labute approximate surface area is 164 Å². The van der Waals surface area contributed by atoms with Gasteiger partial charge in [-0.25, -0.2) is 14.8 Å². The minimum absolute atomic E-state index is 0.00927. The lowest BCUT2D eigenvalue weighted by molar-refractivity contribution is 0.206. The zero-order valence-electron chi connectivity index (χ0n) is 16.3. The van der Waals surface area contributed by atoms with Crippen molar-refractivity contribution in [2.24, 2.45) is 13.0 Å². The number of nitrogens with zero attached hydrogens (tertiary/aromatic N) is 4. The van der Waals surface area contributed by atoms with Gasteiger partial charge in [-0.05, 0) is 42.2 Å². The molecule has 3 heterocycles. The van der Waals surface area contributed by atoms with Crippen LogP contribution in [0.5, 0.6) is 5.75 Å². The Bertz CT molecular complexity index is 967. The lowest BCUT2D eigenvalue weighted by Crippen LogP contribution is -2.38. The number of nitrogens with one attached hydrogen (secondary N) is 1. The monoisotopic (exact) mass is 379 g/mol. The van der Waals surface area contributed by atoms with Gasteiger partial charge in [0, 0.05) is 39.3 Å². The molecule has 4 rings (SSSR count). The van der Waals surface area contributed by atoms with Crippen molar-refractivity contribution in [3.05, 3.63) is 54.0 Å². The van der Waals surface area contributed by atoms with Crippen molar-refractivity contribution in [2.75, 3.05) is 20.2 Å². The van der Waals surface area contributed by atoms with E-state index in [0.29, 0.717) is 12.5 Å². The smallest absolute Gasteiger partial charge is 0.317 e. The molecule has 0 spiro atoms. The summed E-state index contributed by atoms with van der Waals surface area (Å²) in [5.74, 6) is 2.26. The highest BCUT2D eigenvalue weighted by atomic mass is 16.5. The predicted molar refractivity (Wildman–Crippen MR) is 107 cm³/mol. The number of aromatic nitrogens is 3. The third-order valence-corrected chi connectivity index (χ3v) is 5.37. The van der Waals surface area contributed by atoms with E-state index in [0.717, 1.165) is 54.2 Å². The molecule has 1 N–H and O–H groups in total. The molecule has 7 nitrogen and oxygen atoms in total. The quantitative estimate of drug-likeness (QED) is 0.740. The minimum Gasteiger partial charge on any atom is -0.497 e. The average Bonchev–Trinajstić information content (AvgIpc) is 3.32. The number of amides is 2. The molecule has 7 heteroatoms. The number of imidazole rings is 1. The van der Waals surface area contributed by atoms with Gasteiger partial charge in [0.15, 0.2) is 5.65 Å². The second-order valence-corrected chi connectivity index (χ2v) is 7.24. The number of rotatable bonds is 5. The Morgan fingerprint density at radius 1 is 1.29 bits per heavy atom. The van der Waals surface area contributed by atoms with E-state index < -0.39 is 0 Å². The maximum atomic E-state index is 12.5. The number of pyridine rings is 1. The van der Waals surface area contributed by atoms with Crippen molar-refractivity contribution in [2.45, 2.75) is 19.4 Å². The van der Waals surface area contributed by atoms with Crippen molar-refractivity contribution in [1.29, 1.82) is 0 Å². The summed E-state index contributed by atoms with van der Waals surface area (Å²) in [5.41, 5.74) is 2.88. The number of carbonyl (C=O) groups excluding carboxylic acids is 1. The Kier molecular flexibility index (Phi) is 5.14. The van der Waals surface area contributed by atoms with Crippen molar-refractivity contribution >= 4 is 17.2 Å². The summed E-state index contributed by atoms with van der Waals surface area (Å²) in [6, 6.07) is 11.6. The van der Waals surface area contributed by atoms with Crippen LogP contribution in [0.3, 0.4) is 0 Å². The highest BCUT2D eigenvalue weighted by Gasteiger charge is 2.27. The molecule has 0 unspecified atom stereocenters. The Morgan fingerprint density at radius 2 is 2.11 bits per heavy atom. The molecule has 1 aliphatic rings. The summed E-state index contributed by atoms with van der Waals surface area (Å²) in [4.78, 5) is 23.5. The third-order valence-electron chi connectivity index (χ3n) is 5.37. The second-order valence-electron chi connectivity index (χ2n) is 7.24. The van der Waals surface area contributed by atoms with Gasteiger partial charge in [0.25, 0.3) is 0 Å². The van der Waals surface area contributed by atoms with E-state index in [1.807, 2.05) is 48.3 Å². The number of fused-ring (bicyclic) bond motifs is 1. The standard InChI is InChI=1S/C21H25N5O2/c1-25-19(24-18-4-3-10-22-20(18)25)12-16-9-11-26(14-16)21(27)23-13-15-5-7-17(28-2)8-6-15/h3-8,10,16H,9,11-14H2,1-2H3,(H,23,27)/t16-/m1/s1. The summed E-state index contributed by atoms with van der Waals surface area (Å²) >= 11 is 0. The SMILES string of the molecule is COc1ccc(CNC(=O)N2CC[C@H](Cc3nc4cccnc4n3C)C2)cc1. The molecule has 0 radical (unpaired) electrons. The van der Waals surface area contributed by atoms with E-state index in [2.05, 4.69) is 14.9 Å². The first-order valence-corrected chi connectivity index (χ1v) is 9.56. The number of ether oxygens (including phenoxy) is 1. The Balaban J connectivity index is 1.31. The highest BCUT2D eigenvalue weighted by molar-refractivity contribution is 5.74. The van der Waals surface area contributed by atoms with Crippen molar-refractivity contribution in [3.63, 3.8) is 0 Å². The number of hydrogen-bond donors (Lipinski definition) is 1. The Hall–Kier alpha value is -3.09. The summed E-state index contributed by atoms with van der Waals surface area (Å²) in [7, 11) is 3.65. The molecule has 0 saturated carbocycles. The van der Waals surface area contributed by atoms with Gasteiger partial charge >= 0.3 is 6.03 Å². The van der Waals surface area contributed by atoms with Crippen molar-refractivity contribution in [1.82, 2.24) is 24.8 Å². The van der Waals surface area contributed by atoms with E-state index in [4.69, 9.17) is 9.72 Å². The maximum absolute atomic E-state index is 12.5. The van der Waals surface area contributed by atoms with Gasteiger partial charge in [-0.3, -0.25) is 0 Å². The number of benzene rings is 1. The van der Waals surface area contributed by atoms with Crippen LogP contribution in [0.15, 0.2) is 42.6 Å². The van der Waals surface area contributed by atoms with Crippen LogP contribution < -0.4 is 10.1 Å². The number of methoxy groups -OCH3 is 1. The van der Waals surface area contributed by atoms with Crippen LogP contribution >= 0.6 is 0 Å². The molecule has 2 aromatic heterocycles. The zero-order chi connectivity index (χ0) is 19.5. The largest absolute Gasteiger partial charge is 0.497 e. The number of likely N-dealkylation sites (tertiary alicyclic amines) is 1. The maximum Gasteiger partial charge on any atom is 0.317 e. The predicted octanol–water partition coefficient (Wildman–Crippen LogP) is 2.75. The zero-order valence-corrected chi connectivity index (χ0v) is 16.3. The van der Waals surface area contributed by atoms with Crippen LogP contribution in [0.4, 0.5) is 4.79 Å². The summed E-state index contributed by atoms with van der Waals surface area (Å²) in [6.07, 6.45) is 3.64. The van der Waals surface area contributed by atoms with Gasteiger partial charge in [-0.2, -0.15) is 0 Å². The molecule has 1 fully saturated rings. The van der Waals surface area contributed by atoms with Gasteiger partial charge in [-0.1, -0.05) is 12.1 Å². The number of carbonyl (C=O) groups is 1. The van der Waals surface area contributed by atoms with Gasteiger partial charge in [0.1, 0.15) is 17.1 Å². The first-order valence-electron chi connectivity index (χ1n) is 9.56. The Morgan fingerprint density at radius 3 is 2.86 bits per heavy atom. The minimum atomic E-state index is -0.00927. The highest BCUT2D eigenvalue weighted by Crippen LogP contribution is 2.22. The molecular formula is C21H25N5O2. The van der Waals surface area contributed by atoms with Crippen LogP contribution in [0.2, 0.25) is 0 Å². The number of aryl methyl sites for hydroxylation is 1. The van der Waals surface area contributed by atoms with Gasteiger partial charge in [-0.15, -0.1) is 0 Å². The molecule has 1 aromatic carbocycles. The number of hydrogen-bond acceptors (Lipinski definition) is 4. The fourth-order valence-corrected chi connectivity index (χ4v) is 3.73. The van der Waals surface area contributed by atoms with Gasteiger partial charge in [0.2, 0.25) is 0 Å². The van der Waals surface area contributed by atoms with Crippen LogP contribution in [0.1, 0.15) is 17.8 Å². The molecule has 146 valence electrons. The van der Waals surface area contributed by atoms with E-state index in [9.17, 15) is 4.79 Å². The third kappa shape index (κ3) is 3.78. The summed E-state index contributed by atoms with van der Waals surface area (Å²) < 4.78 is 7.22. The van der Waals surface area contributed by atoms with E-state index >= 15 is 0 Å². The van der Waals surface area contributed by atoms with E-state index in [1.165, 1.54) is 0 Å². The molecule has 2 amide bonds. The lowest BCUT2D eigenvalue weighted by Gasteiger charge is -2.17. The molecule has 28 heavy (non-hydrogen) atoms. The van der Waals surface area contributed by atoms with Crippen LogP contribution in [0, 0.1) is 5.92 Å². The summed E-state index contributed by atoms with van der Waals surface area (Å²) in [5, 5.41) is 3.01. The molecule has 1 atom stereocenters. The molecule has 1 saturated heterocycles. The van der Waals surface area contributed by atoms with Crippen molar-refractivity contribution in [3.8, 4) is 5.75 Å². The van der Waals surface area contributed by atoms with E-state index in [1.54, 1.807) is 13.3 Å². The topological polar surface area (TPSA) is 72.3 Å². The normalized spacial score (nSPS) is 16.5. The first-order chi connectivity index (χ1) is 13.6. The first kappa shape index (κ1) is 18.3. The number of urea groups is 1. The summed E-state index contributed by atoms with van der Waals surface area (Å²) in [6.45, 7) is 2.05. The average molecular weight is 379 g/mol. The molecule has 0 aliphatic carbocycles. The fourth-order valence-electron chi connectivity index (χ4n) is 3.73. The lowest BCUT2D eigenvalue weighted by atomic mass is 10.0. The molecular weight excluding hydrogens is 354 g/mol. The van der Waals surface area contributed by atoms with Crippen LogP contribution in [0.25, 0.3) is 11.2 Å². The van der Waals surface area contributed by atoms with E-state index in [-0.39, 0.29) is 6.03 Å².